The molecule has 0 spiro atoms. The van der Waals surface area contributed by atoms with Crippen LogP contribution in [0.2, 0.25) is 0 Å². The Morgan fingerprint density at radius 1 is 0.614 bits per heavy atom. The van der Waals surface area contributed by atoms with E-state index in [0.717, 1.165) is 30.3 Å². The predicted molar refractivity (Wildman–Crippen MR) is 325 cm³/mol. The number of guanidine groups is 1. The highest BCUT2D eigenvalue weighted by molar-refractivity contribution is 5.99. The monoisotopic (exact) mass is 1220 g/mol. The molecule has 0 aliphatic carbocycles. The number of para-hydroxylation sites is 1. The Labute approximate surface area is 508 Å². The highest BCUT2D eigenvalue weighted by Crippen LogP contribution is 2.20. The first-order chi connectivity index (χ1) is 41.7. The van der Waals surface area contributed by atoms with Gasteiger partial charge in [-0.05, 0) is 73.4 Å². The number of nitrogens with one attached hydrogen (secondary N) is 10. The Hall–Kier alpha value is -9.86. The topological polar surface area (TPSA) is 463 Å². The molecule has 476 valence electrons. The van der Waals surface area contributed by atoms with E-state index in [2.05, 4.69) is 57.8 Å². The molecule has 28 nitrogen and oxygen atoms in total. The van der Waals surface area contributed by atoms with Gasteiger partial charge >= 0.3 is 5.97 Å². The number of carbonyl (C=O) groups is 11. The first kappa shape index (κ1) is 70.6. The number of nitrogens with zero attached hydrogens (tertiary/aromatic N) is 1. The summed E-state index contributed by atoms with van der Waals surface area (Å²) in [5.41, 5.74) is 19.7. The van der Waals surface area contributed by atoms with Gasteiger partial charge in [0.1, 0.15) is 48.0 Å². The number of amides is 10. The van der Waals surface area contributed by atoms with Crippen molar-refractivity contribution >= 4 is 81.9 Å². The lowest BCUT2D eigenvalue weighted by atomic mass is 9.95. The van der Waals surface area contributed by atoms with Gasteiger partial charge in [-0.25, -0.2) is 0 Å². The lowest BCUT2D eigenvalue weighted by molar-refractivity contribution is -0.139. The van der Waals surface area contributed by atoms with E-state index in [0.29, 0.717) is 30.5 Å². The van der Waals surface area contributed by atoms with Gasteiger partial charge < -0.3 is 85.4 Å². The summed E-state index contributed by atoms with van der Waals surface area (Å²) in [6.07, 6.45) is 1.58. The van der Waals surface area contributed by atoms with Crippen LogP contribution >= 0.6 is 0 Å². The molecule has 0 fully saturated rings. The van der Waals surface area contributed by atoms with Crippen molar-refractivity contribution in [3.63, 3.8) is 0 Å². The summed E-state index contributed by atoms with van der Waals surface area (Å²) >= 11 is 0. The Morgan fingerprint density at radius 2 is 1.17 bits per heavy atom. The zero-order chi connectivity index (χ0) is 65.0. The minimum absolute atomic E-state index is 0.0407. The van der Waals surface area contributed by atoms with Crippen LogP contribution in [0.3, 0.4) is 0 Å². The minimum Gasteiger partial charge on any atom is -0.508 e. The SMILES string of the molecule is CN=C(N)NCCC[C@H](NC(=O)[C@@H](C=CCNC(=O)[C@H](Cc1ccccc1)NC(=O)[C@@H](NC(=O)[C@H](CC(N)=O)NC(=O)[C@H](CCC(=O)O)NC(=O)[C@@H](Cc1ccc(O)cc1)NC(C)=O)[C@@H](C)O)CC(C)C)C(=O)N[C@@H](Cc1c[nH]c2ccccc12)C(N)=O. The number of carboxylic acid groups (broad SMARTS) is 1. The van der Waals surface area contributed by atoms with Crippen molar-refractivity contribution in [1.82, 2.24) is 52.8 Å². The number of phenols is 1. The van der Waals surface area contributed by atoms with Gasteiger partial charge in [0.05, 0.1) is 18.4 Å². The molecule has 1 aromatic heterocycles. The van der Waals surface area contributed by atoms with Crippen molar-refractivity contribution in [3.8, 4) is 5.75 Å². The minimum atomic E-state index is -1.88. The number of nitrogens with two attached hydrogens (primary N) is 3. The fourth-order valence-corrected chi connectivity index (χ4v) is 9.25. The molecule has 4 rings (SSSR count). The number of hydrogen-bond acceptors (Lipinski definition) is 14. The van der Waals surface area contributed by atoms with Crippen molar-refractivity contribution in [1.29, 1.82) is 0 Å². The molecule has 0 aliphatic heterocycles. The fourth-order valence-electron chi connectivity index (χ4n) is 9.25. The third-order valence-electron chi connectivity index (χ3n) is 13.8. The van der Waals surface area contributed by atoms with Crippen molar-refractivity contribution in [2.24, 2.45) is 34.0 Å². The van der Waals surface area contributed by atoms with Crippen LogP contribution in [0.4, 0.5) is 0 Å². The number of aliphatic hydroxyl groups is 1. The van der Waals surface area contributed by atoms with E-state index in [1.54, 1.807) is 42.6 Å². The normalized spacial score (nSPS) is 14.5. The second-order valence-corrected chi connectivity index (χ2v) is 21.5. The molecule has 28 heteroatoms. The average Bonchev–Trinajstić information content (AvgIpc) is 2.31. The van der Waals surface area contributed by atoms with Crippen molar-refractivity contribution in [2.45, 2.75) is 134 Å². The standard InChI is InChI=1S/C60H82N14O14/c1-33(2)27-38(53(82)69-43(18-12-26-66-60(63)64-5)55(84)71-45(52(62)81)30-39-32-67-42-17-10-9-16-41(39)42)15-11-25-65-54(83)46(28-36-13-7-6-8-14-36)73-59(88)51(34(3)75)74-58(87)48(31-49(61)78)72-56(85)44(23-24-50(79)80)70-57(86)47(68-35(4)76)29-37-19-21-40(77)22-20-37/h6-11,13-17,19-22,32-34,38,43-48,51,67,75,77H,12,18,23-31H2,1-5H3,(H2,61,78)(H2,62,81)(H,65,83)(H,68,76)(H,69,82)(H,70,86)(H,71,84)(H,72,85)(H,73,88)(H,74,87)(H,79,80)(H3,63,64,66)/t34-,38+,43+,44+,45+,46+,47-,48+,51+/m1/s1. The number of phenolic OH excluding ortho intramolecular Hbond substituents is 1. The molecule has 0 unspecified atom stereocenters. The predicted octanol–water partition coefficient (Wildman–Crippen LogP) is -1.43. The third-order valence-corrected chi connectivity index (χ3v) is 13.8. The number of H-pyrrole nitrogens is 1. The van der Waals surface area contributed by atoms with Crippen LogP contribution in [-0.2, 0) is 72.0 Å². The largest absolute Gasteiger partial charge is 0.508 e. The number of aromatic nitrogens is 1. The number of benzene rings is 3. The van der Waals surface area contributed by atoms with Crippen LogP contribution in [0.15, 0.2) is 102 Å². The molecule has 0 saturated heterocycles. The molecule has 1 heterocycles. The summed E-state index contributed by atoms with van der Waals surface area (Å²) in [6.45, 7) is 6.17. The van der Waals surface area contributed by atoms with Crippen LogP contribution in [0.1, 0.15) is 82.9 Å². The number of carboxylic acids is 1. The maximum atomic E-state index is 14.2. The van der Waals surface area contributed by atoms with E-state index >= 15 is 0 Å². The molecule has 3 aromatic carbocycles. The molecule has 19 N–H and O–H groups in total. The van der Waals surface area contributed by atoms with E-state index in [9.17, 15) is 68.1 Å². The van der Waals surface area contributed by atoms with Gasteiger partial charge in [0, 0.05) is 69.8 Å². The first-order valence-corrected chi connectivity index (χ1v) is 28.6. The van der Waals surface area contributed by atoms with Gasteiger partial charge in [0.2, 0.25) is 59.1 Å². The lowest BCUT2D eigenvalue weighted by Crippen LogP contribution is -2.61. The van der Waals surface area contributed by atoms with Crippen LogP contribution < -0.4 is 65.1 Å². The van der Waals surface area contributed by atoms with Crippen molar-refractivity contribution < 1.29 is 68.1 Å². The van der Waals surface area contributed by atoms with Crippen molar-refractivity contribution in [3.05, 3.63) is 114 Å². The van der Waals surface area contributed by atoms with E-state index < -0.39 is 139 Å². The summed E-state index contributed by atoms with van der Waals surface area (Å²) in [6, 6.07) is 11.2. The number of aliphatic carboxylic acids is 1. The lowest BCUT2D eigenvalue weighted by Gasteiger charge is -2.27. The van der Waals surface area contributed by atoms with Crippen LogP contribution in [0.5, 0.6) is 5.75 Å². The number of rotatable bonds is 36. The fraction of sp³-hybridized carbons (Fsp3) is 0.433. The number of aliphatic imine (C=N–C) groups is 1. The maximum Gasteiger partial charge on any atom is 0.303 e. The van der Waals surface area contributed by atoms with Gasteiger partial charge in [-0.15, -0.1) is 0 Å². The van der Waals surface area contributed by atoms with Crippen LogP contribution in [0.25, 0.3) is 10.9 Å². The molecule has 10 amide bonds. The summed E-state index contributed by atoms with van der Waals surface area (Å²) in [7, 11) is 1.50. The van der Waals surface area contributed by atoms with Gasteiger partial charge in [0.25, 0.3) is 0 Å². The quantitative estimate of drug-likeness (QED) is 0.0107. The second kappa shape index (κ2) is 35.6. The number of hydrogen-bond donors (Lipinski definition) is 16. The Bertz CT molecular complexity index is 3110. The Kier molecular flexibility index (Phi) is 28.5. The zero-order valence-corrected chi connectivity index (χ0v) is 49.8. The Balaban J connectivity index is 1.51. The number of primary amides is 2. The number of aromatic hydroxyl groups is 1. The van der Waals surface area contributed by atoms with E-state index in [-0.39, 0.29) is 49.9 Å². The second-order valence-electron chi connectivity index (χ2n) is 21.5. The number of carbonyl (C=O) groups excluding carboxylic acids is 10. The smallest absolute Gasteiger partial charge is 0.303 e. The van der Waals surface area contributed by atoms with E-state index in [1.165, 1.54) is 37.4 Å². The molecule has 4 aromatic rings. The number of aromatic amines is 1. The molecule has 0 radical (unpaired) electrons. The first-order valence-electron chi connectivity index (χ1n) is 28.6. The average molecular weight is 1220 g/mol. The molecule has 9 atom stereocenters. The summed E-state index contributed by atoms with van der Waals surface area (Å²) in [5, 5.41) is 54.1. The molecular weight excluding hydrogens is 1140 g/mol. The van der Waals surface area contributed by atoms with Crippen LogP contribution in [-0.4, -0.2) is 160 Å². The van der Waals surface area contributed by atoms with E-state index in [1.807, 2.05) is 38.1 Å². The van der Waals surface area contributed by atoms with Crippen molar-refractivity contribution in [2.75, 3.05) is 20.1 Å². The highest BCUT2D eigenvalue weighted by Gasteiger charge is 2.36. The zero-order valence-electron chi connectivity index (χ0n) is 49.8. The summed E-state index contributed by atoms with van der Waals surface area (Å²) < 4.78 is 0. The molecular formula is C60H82N14O14. The number of aliphatic hydroxyl groups excluding tert-OH is 1. The van der Waals surface area contributed by atoms with Crippen LogP contribution in [0, 0.1) is 11.8 Å². The summed E-state index contributed by atoms with van der Waals surface area (Å²) in [4.78, 5) is 154. The number of fused-ring (bicyclic) bond motifs is 1. The van der Waals surface area contributed by atoms with E-state index in [4.69, 9.17) is 17.2 Å². The molecule has 0 aliphatic rings. The van der Waals surface area contributed by atoms with Gasteiger partial charge in [0.15, 0.2) is 5.96 Å². The van der Waals surface area contributed by atoms with Gasteiger partial charge in [-0.2, -0.15) is 0 Å². The maximum absolute atomic E-state index is 14.2. The Morgan fingerprint density at radius 3 is 1.77 bits per heavy atom. The molecule has 0 saturated carbocycles. The third kappa shape index (κ3) is 24.3. The molecule has 88 heavy (non-hydrogen) atoms. The summed E-state index contributed by atoms with van der Waals surface area (Å²) in [5.74, 6) is -11.1. The van der Waals surface area contributed by atoms with Gasteiger partial charge in [-0.3, -0.25) is 57.7 Å². The highest BCUT2D eigenvalue weighted by atomic mass is 16.4. The van der Waals surface area contributed by atoms with Gasteiger partial charge in [-0.1, -0.05) is 86.7 Å². The molecule has 0 bridgehead atoms.